The summed E-state index contributed by atoms with van der Waals surface area (Å²) in [4.78, 5) is 21.6. The molecule has 68 valence electrons. The SMILES string of the molecule is CC(=O)N/C=C/C(=O)C(C)(C)C. The Morgan fingerprint density at radius 2 is 1.75 bits per heavy atom. The topological polar surface area (TPSA) is 46.2 Å². The lowest BCUT2D eigenvalue weighted by Gasteiger charge is -2.12. The van der Waals surface area contributed by atoms with Crippen LogP contribution in [0.1, 0.15) is 27.7 Å². The van der Waals surface area contributed by atoms with Gasteiger partial charge in [-0.25, -0.2) is 0 Å². The van der Waals surface area contributed by atoms with Crippen molar-refractivity contribution in [1.82, 2.24) is 5.32 Å². The molecule has 0 radical (unpaired) electrons. The molecule has 3 heteroatoms. The molecule has 0 bridgehead atoms. The highest BCUT2D eigenvalue weighted by Crippen LogP contribution is 2.14. The highest BCUT2D eigenvalue weighted by Gasteiger charge is 2.17. The molecule has 0 heterocycles. The summed E-state index contributed by atoms with van der Waals surface area (Å²) < 4.78 is 0. The van der Waals surface area contributed by atoms with Gasteiger partial charge in [0.1, 0.15) is 0 Å². The summed E-state index contributed by atoms with van der Waals surface area (Å²) in [6.07, 6.45) is 2.75. The molecule has 0 saturated carbocycles. The number of carbonyl (C=O) groups is 2. The first-order chi connectivity index (χ1) is 5.34. The molecule has 0 atom stereocenters. The van der Waals surface area contributed by atoms with E-state index in [0.29, 0.717) is 0 Å². The maximum atomic E-state index is 11.2. The average molecular weight is 169 g/mol. The van der Waals surface area contributed by atoms with Crippen LogP contribution in [0.2, 0.25) is 0 Å². The number of hydrogen-bond donors (Lipinski definition) is 1. The second-order valence-corrected chi connectivity index (χ2v) is 3.65. The van der Waals surface area contributed by atoms with Crippen LogP contribution in [-0.2, 0) is 9.59 Å². The van der Waals surface area contributed by atoms with Gasteiger partial charge in [0.15, 0.2) is 5.78 Å². The number of hydrogen-bond acceptors (Lipinski definition) is 2. The van der Waals surface area contributed by atoms with Gasteiger partial charge in [-0.05, 0) is 6.08 Å². The van der Waals surface area contributed by atoms with Crippen molar-refractivity contribution in [1.29, 1.82) is 0 Å². The molecule has 0 rings (SSSR count). The molecule has 0 aliphatic rings. The minimum atomic E-state index is -0.380. The zero-order valence-electron chi connectivity index (χ0n) is 7.97. The average Bonchev–Trinajstić information content (AvgIpc) is 1.84. The molecular weight excluding hydrogens is 154 g/mol. The predicted octanol–water partition coefficient (Wildman–Crippen LogP) is 1.25. The van der Waals surface area contributed by atoms with Crippen LogP contribution in [0.5, 0.6) is 0 Å². The number of carbonyl (C=O) groups excluding carboxylic acids is 2. The standard InChI is InChI=1S/C9H15NO2/c1-7(11)10-6-5-8(12)9(2,3)4/h5-6H,1-4H3,(H,10,11)/b6-5+. The fraction of sp³-hybridized carbons (Fsp3) is 0.556. The molecule has 0 saturated heterocycles. The number of rotatable bonds is 2. The van der Waals surface area contributed by atoms with Crippen molar-refractivity contribution in [2.24, 2.45) is 5.41 Å². The van der Waals surface area contributed by atoms with Gasteiger partial charge in [-0.2, -0.15) is 0 Å². The molecule has 0 aromatic rings. The quantitative estimate of drug-likeness (QED) is 0.632. The molecule has 1 N–H and O–H groups in total. The van der Waals surface area contributed by atoms with E-state index in [-0.39, 0.29) is 17.1 Å². The Kier molecular flexibility index (Phi) is 3.67. The van der Waals surface area contributed by atoms with Crippen LogP contribution in [0.4, 0.5) is 0 Å². The fourth-order valence-electron chi connectivity index (χ4n) is 0.485. The van der Waals surface area contributed by atoms with E-state index >= 15 is 0 Å². The second kappa shape index (κ2) is 4.04. The molecule has 1 amide bonds. The molecule has 12 heavy (non-hydrogen) atoms. The van der Waals surface area contributed by atoms with Gasteiger partial charge < -0.3 is 5.32 Å². The molecule has 0 fully saturated rings. The van der Waals surface area contributed by atoms with Crippen LogP contribution in [0.15, 0.2) is 12.3 Å². The van der Waals surface area contributed by atoms with Gasteiger partial charge in [0.05, 0.1) is 0 Å². The minimum absolute atomic E-state index is 0.00347. The van der Waals surface area contributed by atoms with Gasteiger partial charge in [-0.3, -0.25) is 9.59 Å². The molecule has 0 spiro atoms. The first kappa shape index (κ1) is 10.9. The van der Waals surface area contributed by atoms with Crippen LogP contribution < -0.4 is 5.32 Å². The summed E-state index contributed by atoms with van der Waals surface area (Å²) in [7, 11) is 0. The van der Waals surface area contributed by atoms with Crippen molar-refractivity contribution < 1.29 is 9.59 Å². The van der Waals surface area contributed by atoms with E-state index in [2.05, 4.69) is 5.32 Å². The van der Waals surface area contributed by atoms with Crippen LogP contribution in [0.3, 0.4) is 0 Å². The van der Waals surface area contributed by atoms with E-state index < -0.39 is 0 Å². The molecule has 0 aliphatic carbocycles. The zero-order chi connectivity index (χ0) is 9.78. The third-order valence-electron chi connectivity index (χ3n) is 1.26. The monoisotopic (exact) mass is 169 g/mol. The van der Waals surface area contributed by atoms with Crippen LogP contribution in [0, 0.1) is 5.41 Å². The normalized spacial score (nSPS) is 11.7. The molecule has 3 nitrogen and oxygen atoms in total. The Balaban J connectivity index is 4.02. The number of nitrogens with one attached hydrogen (secondary N) is 1. The lowest BCUT2D eigenvalue weighted by Crippen LogP contribution is -2.19. The first-order valence-corrected chi connectivity index (χ1v) is 3.82. The van der Waals surface area contributed by atoms with Crippen molar-refractivity contribution in [2.75, 3.05) is 0 Å². The summed E-state index contributed by atoms with van der Waals surface area (Å²) in [6.45, 7) is 6.88. The van der Waals surface area contributed by atoms with E-state index in [1.165, 1.54) is 19.2 Å². The summed E-state index contributed by atoms with van der Waals surface area (Å²) in [5, 5.41) is 2.41. The van der Waals surface area contributed by atoms with Gasteiger partial charge in [0.2, 0.25) is 5.91 Å². The van der Waals surface area contributed by atoms with E-state index in [9.17, 15) is 9.59 Å². The van der Waals surface area contributed by atoms with E-state index in [1.807, 2.05) is 20.8 Å². The Labute approximate surface area is 72.8 Å². The molecular formula is C9H15NO2. The Morgan fingerprint density at radius 3 is 2.08 bits per heavy atom. The smallest absolute Gasteiger partial charge is 0.220 e. The molecule has 0 aromatic carbocycles. The minimum Gasteiger partial charge on any atom is -0.333 e. The Morgan fingerprint density at radius 1 is 1.25 bits per heavy atom. The van der Waals surface area contributed by atoms with Crippen LogP contribution in [0.25, 0.3) is 0 Å². The molecule has 0 aromatic heterocycles. The Hall–Kier alpha value is -1.12. The van der Waals surface area contributed by atoms with Crippen LogP contribution in [-0.4, -0.2) is 11.7 Å². The maximum absolute atomic E-state index is 11.2. The number of allylic oxidation sites excluding steroid dienone is 1. The lowest BCUT2D eigenvalue weighted by molar-refractivity contribution is -0.121. The largest absolute Gasteiger partial charge is 0.333 e. The van der Waals surface area contributed by atoms with Crippen molar-refractivity contribution in [3.05, 3.63) is 12.3 Å². The summed E-state index contributed by atoms with van der Waals surface area (Å²) in [5.41, 5.74) is -0.380. The predicted molar refractivity (Wildman–Crippen MR) is 47.4 cm³/mol. The van der Waals surface area contributed by atoms with Gasteiger partial charge in [0.25, 0.3) is 0 Å². The van der Waals surface area contributed by atoms with Gasteiger partial charge in [0, 0.05) is 18.5 Å². The van der Waals surface area contributed by atoms with E-state index in [4.69, 9.17) is 0 Å². The van der Waals surface area contributed by atoms with Crippen LogP contribution >= 0.6 is 0 Å². The second-order valence-electron chi connectivity index (χ2n) is 3.65. The number of ketones is 1. The maximum Gasteiger partial charge on any atom is 0.220 e. The number of amides is 1. The van der Waals surface area contributed by atoms with Gasteiger partial charge in [-0.15, -0.1) is 0 Å². The third-order valence-corrected chi connectivity index (χ3v) is 1.26. The lowest BCUT2D eigenvalue weighted by atomic mass is 9.91. The summed E-state index contributed by atoms with van der Waals surface area (Å²) >= 11 is 0. The van der Waals surface area contributed by atoms with Crippen molar-refractivity contribution in [2.45, 2.75) is 27.7 Å². The fourth-order valence-corrected chi connectivity index (χ4v) is 0.485. The van der Waals surface area contributed by atoms with Crippen molar-refractivity contribution in [3.8, 4) is 0 Å². The summed E-state index contributed by atoms with van der Waals surface area (Å²) in [6, 6.07) is 0. The highest BCUT2D eigenvalue weighted by molar-refractivity contribution is 5.94. The first-order valence-electron chi connectivity index (χ1n) is 3.82. The van der Waals surface area contributed by atoms with Gasteiger partial charge >= 0.3 is 0 Å². The zero-order valence-corrected chi connectivity index (χ0v) is 7.97. The molecule has 0 aliphatic heterocycles. The highest BCUT2D eigenvalue weighted by atomic mass is 16.1. The third kappa shape index (κ3) is 4.66. The molecule has 0 unspecified atom stereocenters. The van der Waals surface area contributed by atoms with E-state index in [1.54, 1.807) is 0 Å². The Bertz CT molecular complexity index is 211. The van der Waals surface area contributed by atoms with Gasteiger partial charge in [-0.1, -0.05) is 20.8 Å². The summed E-state index contributed by atoms with van der Waals surface area (Å²) in [5.74, 6) is -0.177. The van der Waals surface area contributed by atoms with Crippen molar-refractivity contribution >= 4 is 11.7 Å². The van der Waals surface area contributed by atoms with E-state index in [0.717, 1.165) is 0 Å². The van der Waals surface area contributed by atoms with Crippen molar-refractivity contribution in [3.63, 3.8) is 0 Å².